The fraction of sp³-hybridized carbons (Fsp3) is 0.429. The number of rotatable bonds is 3. The number of hydrogen-bond acceptors (Lipinski definition) is 2. The van der Waals surface area contributed by atoms with Gasteiger partial charge in [0.05, 0.1) is 4.91 Å². The molecule has 0 aliphatic rings. The maximum Gasteiger partial charge on any atom is 0.290 e. The van der Waals surface area contributed by atoms with Gasteiger partial charge >= 0.3 is 0 Å². The van der Waals surface area contributed by atoms with Gasteiger partial charge in [0.25, 0.3) is 10.1 Å². The van der Waals surface area contributed by atoms with E-state index < -0.39 is 15.5 Å². The molecule has 3 nitrogen and oxygen atoms in total. The van der Waals surface area contributed by atoms with E-state index in [1.807, 2.05) is 0 Å². The average Bonchev–Trinajstić information content (AvgIpc) is 1.84. The Balaban J connectivity index is 4.94. The second-order valence-corrected chi connectivity index (χ2v) is 4.27. The molecule has 0 fully saturated rings. The average molecular weight is 176 g/mol. The van der Waals surface area contributed by atoms with Crippen molar-refractivity contribution >= 4 is 10.1 Å². The second kappa shape index (κ2) is 2.79. The lowest BCUT2D eigenvalue weighted by Crippen LogP contribution is -2.17. The predicted molar refractivity (Wildman–Crippen MR) is 44.7 cm³/mol. The molecule has 0 heterocycles. The van der Waals surface area contributed by atoms with Gasteiger partial charge < -0.3 is 0 Å². The molecule has 0 spiro atoms. The molecule has 4 heteroatoms. The molecule has 0 radical (unpaired) electrons. The lowest BCUT2D eigenvalue weighted by atomic mass is 9.94. The van der Waals surface area contributed by atoms with Crippen LogP contribution in [0.2, 0.25) is 0 Å². The zero-order valence-electron chi connectivity index (χ0n) is 6.66. The van der Waals surface area contributed by atoms with Crippen molar-refractivity contribution in [2.45, 2.75) is 13.8 Å². The summed E-state index contributed by atoms with van der Waals surface area (Å²) < 4.78 is 29.7. The molecule has 0 aromatic carbocycles. The summed E-state index contributed by atoms with van der Waals surface area (Å²) in [4.78, 5) is -0.236. The summed E-state index contributed by atoms with van der Waals surface area (Å²) in [7, 11) is -4.14. The number of allylic oxidation sites excluding steroid dienone is 2. The minimum atomic E-state index is -4.14. The third kappa shape index (κ3) is 2.48. The van der Waals surface area contributed by atoms with Gasteiger partial charge in [-0.2, -0.15) is 8.42 Å². The molecule has 0 aliphatic heterocycles. The maximum atomic E-state index is 10.5. The van der Waals surface area contributed by atoms with Gasteiger partial charge in [-0.25, -0.2) is 0 Å². The van der Waals surface area contributed by atoms with E-state index in [9.17, 15) is 8.42 Å². The quantitative estimate of drug-likeness (QED) is 0.525. The fourth-order valence-electron chi connectivity index (χ4n) is 0.446. The molecule has 0 aromatic rings. The van der Waals surface area contributed by atoms with Crippen LogP contribution in [0.5, 0.6) is 0 Å². The van der Waals surface area contributed by atoms with Crippen molar-refractivity contribution in [2.75, 3.05) is 0 Å². The van der Waals surface area contributed by atoms with Gasteiger partial charge in [-0.15, -0.1) is 6.58 Å². The molecule has 64 valence electrons. The van der Waals surface area contributed by atoms with Crippen LogP contribution in [0.1, 0.15) is 13.8 Å². The van der Waals surface area contributed by atoms with E-state index in [2.05, 4.69) is 13.2 Å². The first kappa shape index (κ1) is 10.4. The van der Waals surface area contributed by atoms with Crippen LogP contribution in [0.15, 0.2) is 24.1 Å². The SMILES string of the molecule is C=CC(C)(C)C(=C)S(=O)(=O)O. The molecule has 0 saturated heterocycles. The summed E-state index contributed by atoms with van der Waals surface area (Å²) in [6.45, 7) is 9.90. The minimum Gasteiger partial charge on any atom is -0.282 e. The molecule has 0 saturated carbocycles. The first-order valence-corrected chi connectivity index (χ1v) is 4.46. The standard InChI is InChI=1S/C7H12O3S/c1-5-7(3,4)6(2)11(8,9)10/h5H,1-2H2,3-4H3,(H,8,9,10). The Labute approximate surface area is 67.2 Å². The molecule has 0 amide bonds. The van der Waals surface area contributed by atoms with E-state index in [0.717, 1.165) is 0 Å². The van der Waals surface area contributed by atoms with Crippen molar-refractivity contribution < 1.29 is 13.0 Å². The molecule has 0 aliphatic carbocycles. The van der Waals surface area contributed by atoms with Gasteiger partial charge in [-0.05, 0) is 0 Å². The highest BCUT2D eigenvalue weighted by Crippen LogP contribution is 2.28. The van der Waals surface area contributed by atoms with Crippen LogP contribution in [0.25, 0.3) is 0 Å². The van der Waals surface area contributed by atoms with Crippen molar-refractivity contribution in [1.29, 1.82) is 0 Å². The molecule has 0 bridgehead atoms. The van der Waals surface area contributed by atoms with Crippen LogP contribution in [0.3, 0.4) is 0 Å². The van der Waals surface area contributed by atoms with E-state index in [4.69, 9.17) is 4.55 Å². The van der Waals surface area contributed by atoms with Gasteiger partial charge in [0, 0.05) is 5.41 Å². The van der Waals surface area contributed by atoms with Gasteiger partial charge in [-0.1, -0.05) is 26.5 Å². The van der Waals surface area contributed by atoms with E-state index in [0.29, 0.717) is 0 Å². The summed E-state index contributed by atoms with van der Waals surface area (Å²) in [6.07, 6.45) is 1.42. The number of hydrogen-bond donors (Lipinski definition) is 1. The summed E-state index contributed by atoms with van der Waals surface area (Å²) in [6, 6.07) is 0. The van der Waals surface area contributed by atoms with Crippen molar-refractivity contribution in [2.24, 2.45) is 5.41 Å². The molecule has 0 aromatic heterocycles. The molecule has 1 N–H and O–H groups in total. The van der Waals surface area contributed by atoms with Crippen LogP contribution < -0.4 is 0 Å². The van der Waals surface area contributed by atoms with Crippen molar-refractivity contribution in [3.63, 3.8) is 0 Å². The van der Waals surface area contributed by atoms with E-state index in [1.165, 1.54) is 6.08 Å². The van der Waals surface area contributed by atoms with Crippen LogP contribution in [0.4, 0.5) is 0 Å². The first-order valence-electron chi connectivity index (χ1n) is 3.02. The second-order valence-electron chi connectivity index (χ2n) is 2.82. The highest BCUT2D eigenvalue weighted by molar-refractivity contribution is 7.89. The molecule has 0 rings (SSSR count). The van der Waals surface area contributed by atoms with E-state index in [1.54, 1.807) is 13.8 Å². The third-order valence-electron chi connectivity index (χ3n) is 1.54. The van der Waals surface area contributed by atoms with E-state index in [-0.39, 0.29) is 4.91 Å². The van der Waals surface area contributed by atoms with Gasteiger partial charge in [0.15, 0.2) is 0 Å². The largest absolute Gasteiger partial charge is 0.290 e. The predicted octanol–water partition coefficient (Wildman–Crippen LogP) is 1.60. The highest BCUT2D eigenvalue weighted by atomic mass is 32.2. The zero-order chi connectivity index (χ0) is 9.28. The Hall–Kier alpha value is -0.610. The summed E-state index contributed by atoms with van der Waals surface area (Å²) in [5.41, 5.74) is -0.784. The molecular formula is C7H12O3S. The molecular weight excluding hydrogens is 164 g/mol. The zero-order valence-corrected chi connectivity index (χ0v) is 7.48. The van der Waals surface area contributed by atoms with Gasteiger partial charge in [-0.3, -0.25) is 4.55 Å². The van der Waals surface area contributed by atoms with E-state index >= 15 is 0 Å². The Morgan fingerprint density at radius 1 is 1.55 bits per heavy atom. The van der Waals surface area contributed by atoms with Crippen LogP contribution >= 0.6 is 0 Å². The maximum absolute atomic E-state index is 10.5. The van der Waals surface area contributed by atoms with Crippen molar-refractivity contribution in [1.82, 2.24) is 0 Å². The smallest absolute Gasteiger partial charge is 0.282 e. The van der Waals surface area contributed by atoms with Gasteiger partial charge in [0.2, 0.25) is 0 Å². The monoisotopic (exact) mass is 176 g/mol. The Morgan fingerprint density at radius 3 is 2.00 bits per heavy atom. The Morgan fingerprint density at radius 2 is 1.91 bits per heavy atom. The summed E-state index contributed by atoms with van der Waals surface area (Å²) in [5.74, 6) is 0. The van der Waals surface area contributed by atoms with Gasteiger partial charge in [0.1, 0.15) is 0 Å². The normalized spacial score (nSPS) is 12.6. The van der Waals surface area contributed by atoms with Crippen molar-refractivity contribution in [3.05, 3.63) is 24.1 Å². The van der Waals surface area contributed by atoms with Crippen LogP contribution in [0, 0.1) is 5.41 Å². The minimum absolute atomic E-state index is 0.236. The summed E-state index contributed by atoms with van der Waals surface area (Å²) in [5, 5.41) is 0. The first-order chi connectivity index (χ1) is 4.72. The fourth-order valence-corrected chi connectivity index (χ4v) is 1.19. The van der Waals surface area contributed by atoms with Crippen LogP contribution in [-0.2, 0) is 10.1 Å². The molecule has 0 atom stereocenters. The topological polar surface area (TPSA) is 54.4 Å². The Kier molecular flexibility index (Phi) is 2.64. The Bertz CT molecular complexity index is 272. The lowest BCUT2D eigenvalue weighted by molar-refractivity contribution is 0.474. The van der Waals surface area contributed by atoms with Crippen molar-refractivity contribution in [3.8, 4) is 0 Å². The highest BCUT2D eigenvalue weighted by Gasteiger charge is 2.26. The lowest BCUT2D eigenvalue weighted by Gasteiger charge is -2.19. The van der Waals surface area contributed by atoms with Crippen LogP contribution in [-0.4, -0.2) is 13.0 Å². The molecule has 0 unspecified atom stereocenters. The summed E-state index contributed by atoms with van der Waals surface area (Å²) >= 11 is 0. The third-order valence-corrected chi connectivity index (χ3v) is 2.69. The molecule has 11 heavy (non-hydrogen) atoms.